The van der Waals surface area contributed by atoms with E-state index in [0.29, 0.717) is 31.0 Å². The summed E-state index contributed by atoms with van der Waals surface area (Å²) >= 11 is 0. The molecule has 0 spiro atoms. The second-order valence-electron chi connectivity index (χ2n) is 3.52. The van der Waals surface area contributed by atoms with E-state index >= 15 is 0 Å². The largest absolute Gasteiger partial charge is 0.316 e. The van der Waals surface area contributed by atoms with Crippen LogP contribution in [-0.4, -0.2) is 39.7 Å². The number of hydrogen-bond acceptors (Lipinski definition) is 3. The Bertz CT molecular complexity index is 241. The zero-order valence-electron chi connectivity index (χ0n) is 7.63. The molecule has 1 atom stereocenters. The van der Waals surface area contributed by atoms with Crippen molar-refractivity contribution in [2.75, 3.05) is 31.3 Å². The van der Waals surface area contributed by atoms with Crippen molar-refractivity contribution in [3.63, 3.8) is 0 Å². The van der Waals surface area contributed by atoms with Crippen LogP contribution in [-0.2, 0) is 9.84 Å². The lowest BCUT2D eigenvalue weighted by molar-refractivity contribution is 0.444. The summed E-state index contributed by atoms with van der Waals surface area (Å²) in [7, 11) is -2.75. The second kappa shape index (κ2) is 4.91. The van der Waals surface area contributed by atoms with Crippen molar-refractivity contribution in [3.8, 4) is 0 Å². The van der Waals surface area contributed by atoms with Crippen molar-refractivity contribution in [1.82, 2.24) is 5.32 Å². The summed E-state index contributed by atoms with van der Waals surface area (Å²) in [4.78, 5) is 0. The Morgan fingerprint density at radius 1 is 1.46 bits per heavy atom. The summed E-state index contributed by atoms with van der Waals surface area (Å²) in [6.45, 7) is 1.04. The van der Waals surface area contributed by atoms with Gasteiger partial charge < -0.3 is 5.32 Å². The smallest absolute Gasteiger partial charge is 0.150 e. The summed E-state index contributed by atoms with van der Waals surface area (Å²) in [6, 6.07) is 0. The molecule has 1 fully saturated rings. The number of rotatable bonds is 5. The van der Waals surface area contributed by atoms with Gasteiger partial charge in [-0.3, -0.25) is 4.39 Å². The van der Waals surface area contributed by atoms with Gasteiger partial charge in [0.2, 0.25) is 0 Å². The first kappa shape index (κ1) is 10.9. The van der Waals surface area contributed by atoms with E-state index in [2.05, 4.69) is 5.32 Å². The van der Waals surface area contributed by atoms with Gasteiger partial charge in [0.15, 0.2) is 9.84 Å². The molecule has 1 rings (SSSR count). The molecule has 0 radical (unpaired) electrons. The van der Waals surface area contributed by atoms with Gasteiger partial charge in [-0.15, -0.1) is 0 Å². The van der Waals surface area contributed by atoms with E-state index in [-0.39, 0.29) is 12.6 Å². The van der Waals surface area contributed by atoms with Gasteiger partial charge in [-0.2, -0.15) is 0 Å². The zero-order valence-corrected chi connectivity index (χ0v) is 8.45. The summed E-state index contributed by atoms with van der Waals surface area (Å²) in [6.07, 6.45) is 1.27. The number of hydrogen-bond donors (Lipinski definition) is 1. The van der Waals surface area contributed by atoms with Gasteiger partial charge in [-0.05, 0) is 31.8 Å². The van der Waals surface area contributed by atoms with E-state index in [1.807, 2.05) is 0 Å². The molecule has 3 nitrogen and oxygen atoms in total. The molecule has 1 N–H and O–H groups in total. The van der Waals surface area contributed by atoms with E-state index in [1.54, 1.807) is 0 Å². The molecule has 0 amide bonds. The van der Waals surface area contributed by atoms with Crippen molar-refractivity contribution in [3.05, 3.63) is 0 Å². The van der Waals surface area contributed by atoms with Crippen LogP contribution in [0.5, 0.6) is 0 Å². The lowest BCUT2D eigenvalue weighted by atomic mass is 10.1. The molecule has 0 aromatic rings. The molecule has 0 bridgehead atoms. The number of sulfone groups is 1. The zero-order chi connectivity index (χ0) is 9.73. The maximum atomic E-state index is 11.7. The number of nitrogens with one attached hydrogen (secondary N) is 1. The van der Waals surface area contributed by atoms with Crippen LogP contribution in [0.25, 0.3) is 0 Å². The van der Waals surface area contributed by atoms with Crippen molar-refractivity contribution in [1.29, 1.82) is 0 Å². The minimum absolute atomic E-state index is 0.240. The predicted octanol–water partition coefficient (Wildman–Crippen LogP) is 0.370. The van der Waals surface area contributed by atoms with Crippen LogP contribution < -0.4 is 5.32 Å². The Kier molecular flexibility index (Phi) is 4.12. The van der Waals surface area contributed by atoms with Gasteiger partial charge >= 0.3 is 0 Å². The van der Waals surface area contributed by atoms with E-state index in [4.69, 9.17) is 0 Å². The summed E-state index contributed by atoms with van der Waals surface area (Å²) < 4.78 is 33.8. The first-order chi connectivity index (χ1) is 6.14. The molecule has 5 heteroatoms. The SMILES string of the molecule is O=S1(=O)CCC(CNCCCF)C1. The van der Waals surface area contributed by atoms with Crippen molar-refractivity contribution in [2.45, 2.75) is 12.8 Å². The summed E-state index contributed by atoms with van der Waals surface area (Å²) in [5.41, 5.74) is 0. The molecule has 1 heterocycles. The highest BCUT2D eigenvalue weighted by Crippen LogP contribution is 2.17. The molecule has 1 aliphatic rings. The van der Waals surface area contributed by atoms with E-state index in [0.717, 1.165) is 6.42 Å². The van der Waals surface area contributed by atoms with E-state index < -0.39 is 9.84 Å². The van der Waals surface area contributed by atoms with Gasteiger partial charge in [0, 0.05) is 0 Å². The van der Waals surface area contributed by atoms with Crippen LogP contribution >= 0.6 is 0 Å². The quantitative estimate of drug-likeness (QED) is 0.665. The fourth-order valence-corrected chi connectivity index (χ4v) is 3.39. The van der Waals surface area contributed by atoms with Crippen LogP contribution in [0, 0.1) is 5.92 Å². The van der Waals surface area contributed by atoms with Crippen LogP contribution in [0.2, 0.25) is 0 Å². The Morgan fingerprint density at radius 2 is 2.23 bits per heavy atom. The van der Waals surface area contributed by atoms with Crippen molar-refractivity contribution >= 4 is 9.84 Å². The van der Waals surface area contributed by atoms with Crippen LogP contribution in [0.3, 0.4) is 0 Å². The van der Waals surface area contributed by atoms with Crippen LogP contribution in [0.1, 0.15) is 12.8 Å². The third-order valence-corrected chi connectivity index (χ3v) is 4.08. The van der Waals surface area contributed by atoms with Gasteiger partial charge in [-0.25, -0.2) is 8.42 Å². The van der Waals surface area contributed by atoms with Gasteiger partial charge in [0.25, 0.3) is 0 Å². The van der Waals surface area contributed by atoms with Gasteiger partial charge in [0.05, 0.1) is 18.2 Å². The maximum Gasteiger partial charge on any atom is 0.150 e. The van der Waals surface area contributed by atoms with Crippen molar-refractivity contribution < 1.29 is 12.8 Å². The highest BCUT2D eigenvalue weighted by Gasteiger charge is 2.27. The topological polar surface area (TPSA) is 46.2 Å². The monoisotopic (exact) mass is 209 g/mol. The molecule has 78 valence electrons. The molecule has 1 aliphatic heterocycles. The average Bonchev–Trinajstić information content (AvgIpc) is 2.40. The van der Waals surface area contributed by atoms with Crippen LogP contribution in [0.4, 0.5) is 4.39 Å². The Hall–Kier alpha value is -0.160. The standard InChI is InChI=1S/C8H16FNO2S/c9-3-1-4-10-6-8-2-5-13(11,12)7-8/h8,10H,1-7H2. The molecular weight excluding hydrogens is 193 g/mol. The Balaban J connectivity index is 2.11. The van der Waals surface area contributed by atoms with E-state index in [1.165, 1.54) is 0 Å². The van der Waals surface area contributed by atoms with Gasteiger partial charge in [-0.1, -0.05) is 0 Å². The third-order valence-electron chi connectivity index (χ3n) is 2.25. The van der Waals surface area contributed by atoms with Gasteiger partial charge in [0.1, 0.15) is 0 Å². The molecule has 0 aliphatic carbocycles. The lowest BCUT2D eigenvalue weighted by Crippen LogP contribution is -2.24. The molecular formula is C8H16FNO2S. The fourth-order valence-electron chi connectivity index (χ4n) is 1.53. The molecule has 1 unspecified atom stereocenters. The second-order valence-corrected chi connectivity index (χ2v) is 5.74. The molecule has 0 aromatic carbocycles. The maximum absolute atomic E-state index is 11.7. The number of halogens is 1. The minimum Gasteiger partial charge on any atom is -0.316 e. The molecule has 0 aromatic heterocycles. The Labute approximate surface area is 78.6 Å². The highest BCUT2D eigenvalue weighted by molar-refractivity contribution is 7.91. The number of alkyl halides is 1. The van der Waals surface area contributed by atoms with Crippen molar-refractivity contribution in [2.24, 2.45) is 5.92 Å². The summed E-state index contributed by atoms with van der Waals surface area (Å²) in [5.74, 6) is 0.863. The van der Waals surface area contributed by atoms with E-state index in [9.17, 15) is 12.8 Å². The summed E-state index contributed by atoms with van der Waals surface area (Å²) in [5, 5.41) is 3.06. The molecule has 13 heavy (non-hydrogen) atoms. The first-order valence-corrected chi connectivity index (χ1v) is 6.43. The van der Waals surface area contributed by atoms with Crippen LogP contribution in [0.15, 0.2) is 0 Å². The lowest BCUT2D eigenvalue weighted by Gasteiger charge is -2.07. The normalized spacial score (nSPS) is 26.4. The molecule has 1 saturated heterocycles. The minimum atomic E-state index is -2.75. The first-order valence-electron chi connectivity index (χ1n) is 4.61. The predicted molar refractivity (Wildman–Crippen MR) is 50.2 cm³/mol. The fraction of sp³-hybridized carbons (Fsp3) is 1.00. The molecule has 0 saturated carbocycles. The highest BCUT2D eigenvalue weighted by atomic mass is 32.2. The Morgan fingerprint density at radius 3 is 2.77 bits per heavy atom. The third kappa shape index (κ3) is 4.04. The average molecular weight is 209 g/mol.